The van der Waals surface area contributed by atoms with Crippen molar-refractivity contribution in [2.75, 3.05) is 26.2 Å². The van der Waals surface area contributed by atoms with Crippen LogP contribution in [0.5, 0.6) is 5.75 Å². The minimum absolute atomic E-state index is 0.340. The van der Waals surface area contributed by atoms with Crippen LogP contribution in [0.1, 0.15) is 18.9 Å². The number of hydrogen-bond donors (Lipinski definition) is 1. The number of nitrogens with one attached hydrogen (secondary N) is 1. The number of nitrogens with zero attached hydrogens (tertiary/aromatic N) is 1. The Hall–Kier alpha value is -1.06. The van der Waals surface area contributed by atoms with Gasteiger partial charge in [-0.1, -0.05) is 18.2 Å². The molecular formula is C15H22N2O. The van der Waals surface area contributed by atoms with Crippen molar-refractivity contribution in [2.24, 2.45) is 0 Å². The van der Waals surface area contributed by atoms with Gasteiger partial charge in [-0.05, 0) is 38.1 Å². The minimum atomic E-state index is 0.340. The minimum Gasteiger partial charge on any atom is -0.488 e. The number of para-hydroxylation sites is 1. The van der Waals surface area contributed by atoms with E-state index in [1.54, 1.807) is 0 Å². The fourth-order valence-electron chi connectivity index (χ4n) is 3.00. The van der Waals surface area contributed by atoms with Crippen molar-refractivity contribution in [3.05, 3.63) is 29.8 Å². The second-order valence-corrected chi connectivity index (χ2v) is 5.52. The number of ether oxygens (including phenoxy) is 1. The molecule has 0 radical (unpaired) electrons. The van der Waals surface area contributed by atoms with Crippen molar-refractivity contribution in [3.63, 3.8) is 0 Å². The van der Waals surface area contributed by atoms with Gasteiger partial charge < -0.3 is 10.1 Å². The molecule has 0 saturated carbocycles. The zero-order valence-corrected chi connectivity index (χ0v) is 11.1. The van der Waals surface area contributed by atoms with E-state index in [9.17, 15) is 0 Å². The highest BCUT2D eigenvalue weighted by molar-refractivity contribution is 5.37. The molecule has 18 heavy (non-hydrogen) atoms. The molecule has 2 aliphatic heterocycles. The van der Waals surface area contributed by atoms with Gasteiger partial charge in [0.25, 0.3) is 0 Å². The third kappa shape index (κ3) is 2.68. The molecule has 0 amide bonds. The number of benzene rings is 1. The zero-order chi connectivity index (χ0) is 12.4. The van der Waals surface area contributed by atoms with Crippen molar-refractivity contribution < 1.29 is 4.74 Å². The summed E-state index contributed by atoms with van der Waals surface area (Å²) in [4.78, 5) is 2.54. The number of fused-ring (bicyclic) bond motifs is 1. The first kappa shape index (κ1) is 12.0. The summed E-state index contributed by atoms with van der Waals surface area (Å²) in [6, 6.07) is 9.02. The smallest absolute Gasteiger partial charge is 0.123 e. The molecule has 3 rings (SSSR count). The summed E-state index contributed by atoms with van der Waals surface area (Å²) in [5.41, 5.74) is 1.36. The van der Waals surface area contributed by atoms with Crippen molar-refractivity contribution >= 4 is 0 Å². The molecule has 1 aromatic rings. The van der Waals surface area contributed by atoms with Gasteiger partial charge in [-0.3, -0.25) is 4.90 Å². The van der Waals surface area contributed by atoms with Crippen molar-refractivity contribution in [3.8, 4) is 5.75 Å². The third-order valence-electron chi connectivity index (χ3n) is 3.85. The normalized spacial score (nSPS) is 28.5. The fourth-order valence-corrected chi connectivity index (χ4v) is 3.00. The Morgan fingerprint density at radius 3 is 3.17 bits per heavy atom. The largest absolute Gasteiger partial charge is 0.488 e. The molecule has 3 nitrogen and oxygen atoms in total. The second kappa shape index (κ2) is 5.29. The van der Waals surface area contributed by atoms with Gasteiger partial charge in [0, 0.05) is 25.6 Å². The van der Waals surface area contributed by atoms with E-state index in [1.165, 1.54) is 18.5 Å². The van der Waals surface area contributed by atoms with Crippen LogP contribution in [0.2, 0.25) is 0 Å². The van der Waals surface area contributed by atoms with E-state index in [1.807, 2.05) is 0 Å². The first-order valence-corrected chi connectivity index (χ1v) is 7.01. The standard InChI is InChI=1S/C15H22N2O/c1-12-10-17(8-4-7-16-12)11-14-9-13-5-2-3-6-15(13)18-14/h2-3,5-6,12,14,16H,4,7-11H2,1H3. The Labute approximate surface area is 109 Å². The van der Waals surface area contributed by atoms with Gasteiger partial charge in [0.2, 0.25) is 0 Å². The van der Waals surface area contributed by atoms with E-state index in [2.05, 4.69) is 41.4 Å². The SMILES string of the molecule is CC1CN(CC2Cc3ccccc3O2)CCCN1. The molecule has 1 aromatic carbocycles. The third-order valence-corrected chi connectivity index (χ3v) is 3.85. The van der Waals surface area contributed by atoms with Crippen LogP contribution < -0.4 is 10.1 Å². The van der Waals surface area contributed by atoms with Gasteiger partial charge >= 0.3 is 0 Å². The van der Waals surface area contributed by atoms with Crippen LogP contribution in [-0.4, -0.2) is 43.2 Å². The quantitative estimate of drug-likeness (QED) is 0.859. The van der Waals surface area contributed by atoms with Crippen LogP contribution >= 0.6 is 0 Å². The first-order chi connectivity index (χ1) is 8.81. The van der Waals surface area contributed by atoms with Crippen molar-refractivity contribution in [1.29, 1.82) is 0 Å². The molecule has 2 unspecified atom stereocenters. The lowest BCUT2D eigenvalue weighted by Gasteiger charge is -2.25. The van der Waals surface area contributed by atoms with E-state index >= 15 is 0 Å². The maximum atomic E-state index is 6.02. The average Bonchev–Trinajstić information content (AvgIpc) is 2.65. The highest BCUT2D eigenvalue weighted by atomic mass is 16.5. The Bertz CT molecular complexity index is 382. The molecule has 2 heterocycles. The van der Waals surface area contributed by atoms with E-state index in [0.29, 0.717) is 12.1 Å². The van der Waals surface area contributed by atoms with Crippen molar-refractivity contribution in [1.82, 2.24) is 10.2 Å². The Morgan fingerprint density at radius 2 is 2.28 bits per heavy atom. The Kier molecular flexibility index (Phi) is 3.52. The summed E-state index contributed by atoms with van der Waals surface area (Å²) in [6.07, 6.45) is 2.64. The average molecular weight is 246 g/mol. The number of rotatable bonds is 2. The lowest BCUT2D eigenvalue weighted by atomic mass is 10.1. The van der Waals surface area contributed by atoms with Crippen LogP contribution in [0, 0.1) is 0 Å². The van der Waals surface area contributed by atoms with Crippen LogP contribution in [0.25, 0.3) is 0 Å². The summed E-state index contributed by atoms with van der Waals surface area (Å²) in [7, 11) is 0. The molecule has 0 spiro atoms. The second-order valence-electron chi connectivity index (χ2n) is 5.52. The fraction of sp³-hybridized carbons (Fsp3) is 0.600. The maximum Gasteiger partial charge on any atom is 0.123 e. The topological polar surface area (TPSA) is 24.5 Å². The molecule has 2 aliphatic rings. The molecule has 1 N–H and O–H groups in total. The highest BCUT2D eigenvalue weighted by Gasteiger charge is 2.25. The van der Waals surface area contributed by atoms with Crippen LogP contribution in [-0.2, 0) is 6.42 Å². The molecule has 0 bridgehead atoms. The predicted octanol–water partition coefficient (Wildman–Crippen LogP) is 1.67. The lowest BCUT2D eigenvalue weighted by Crippen LogP contribution is -2.40. The molecule has 1 fully saturated rings. The van der Waals surface area contributed by atoms with E-state index in [4.69, 9.17) is 4.74 Å². The van der Waals surface area contributed by atoms with Gasteiger partial charge in [-0.15, -0.1) is 0 Å². The maximum absolute atomic E-state index is 6.02. The van der Waals surface area contributed by atoms with Gasteiger partial charge in [0.15, 0.2) is 0 Å². The summed E-state index contributed by atoms with van der Waals surface area (Å²) in [5, 5.41) is 3.53. The monoisotopic (exact) mass is 246 g/mol. The summed E-state index contributed by atoms with van der Waals surface area (Å²) in [5.74, 6) is 1.09. The van der Waals surface area contributed by atoms with Crippen LogP contribution in [0.4, 0.5) is 0 Å². The molecule has 98 valence electrons. The van der Waals surface area contributed by atoms with Crippen LogP contribution in [0.15, 0.2) is 24.3 Å². The summed E-state index contributed by atoms with van der Waals surface area (Å²) >= 11 is 0. The predicted molar refractivity (Wildman–Crippen MR) is 73.1 cm³/mol. The highest BCUT2D eigenvalue weighted by Crippen LogP contribution is 2.28. The Morgan fingerprint density at radius 1 is 1.39 bits per heavy atom. The first-order valence-electron chi connectivity index (χ1n) is 7.01. The van der Waals surface area contributed by atoms with E-state index in [-0.39, 0.29) is 0 Å². The molecule has 0 aromatic heterocycles. The van der Waals surface area contributed by atoms with Gasteiger partial charge in [-0.25, -0.2) is 0 Å². The van der Waals surface area contributed by atoms with Gasteiger partial charge in [0.1, 0.15) is 11.9 Å². The molecule has 1 saturated heterocycles. The van der Waals surface area contributed by atoms with Gasteiger partial charge in [0.05, 0.1) is 0 Å². The summed E-state index contributed by atoms with van der Waals surface area (Å²) in [6.45, 7) is 6.79. The van der Waals surface area contributed by atoms with E-state index in [0.717, 1.165) is 31.8 Å². The molecule has 0 aliphatic carbocycles. The lowest BCUT2D eigenvalue weighted by molar-refractivity contribution is 0.150. The van der Waals surface area contributed by atoms with E-state index < -0.39 is 0 Å². The summed E-state index contributed by atoms with van der Waals surface area (Å²) < 4.78 is 6.02. The van der Waals surface area contributed by atoms with Gasteiger partial charge in [-0.2, -0.15) is 0 Å². The molecular weight excluding hydrogens is 224 g/mol. The number of hydrogen-bond acceptors (Lipinski definition) is 3. The zero-order valence-electron chi connectivity index (χ0n) is 11.1. The van der Waals surface area contributed by atoms with Crippen molar-refractivity contribution in [2.45, 2.75) is 31.9 Å². The Balaban J connectivity index is 1.58. The molecule has 2 atom stereocenters. The van der Waals surface area contributed by atoms with Crippen LogP contribution in [0.3, 0.4) is 0 Å². The molecule has 3 heteroatoms.